The fourth-order valence-corrected chi connectivity index (χ4v) is 6.18. The highest BCUT2D eigenvalue weighted by Gasteiger charge is 2.39. The maximum Gasteiger partial charge on any atom is 0.136 e. The van der Waals surface area contributed by atoms with Gasteiger partial charge in [-0.15, -0.1) is 23.5 Å². The Bertz CT molecular complexity index is 307. The first kappa shape index (κ1) is 13.5. The molecule has 2 fully saturated rings. The number of carbonyl (C=O) groups is 1. The molecule has 0 aromatic rings. The standard InChI is InChI=1S/C14H22OS2/c1-9(2)11-7-12(10(3)13(15)8-11)14-16-5-4-6-17-14/h10-12,14H,1,4-8H2,2-3H3/t10?,11-,12?/m0/s1. The van der Waals surface area contributed by atoms with Crippen LogP contribution in [0.5, 0.6) is 0 Å². The van der Waals surface area contributed by atoms with Crippen LogP contribution in [-0.2, 0) is 4.79 Å². The zero-order valence-corrected chi connectivity index (χ0v) is 12.4. The van der Waals surface area contributed by atoms with Gasteiger partial charge in [0.1, 0.15) is 5.78 Å². The predicted octanol–water partition coefficient (Wildman–Crippen LogP) is 3.99. The number of allylic oxidation sites excluding steroid dienone is 1. The Hall–Kier alpha value is 0.110. The highest BCUT2D eigenvalue weighted by Crippen LogP contribution is 2.45. The molecule has 3 heteroatoms. The number of thioether (sulfide) groups is 2. The lowest BCUT2D eigenvalue weighted by Gasteiger charge is -2.39. The van der Waals surface area contributed by atoms with Gasteiger partial charge >= 0.3 is 0 Å². The van der Waals surface area contributed by atoms with Gasteiger partial charge in [0.25, 0.3) is 0 Å². The third-order valence-corrected chi connectivity index (χ3v) is 7.28. The van der Waals surface area contributed by atoms with Crippen LogP contribution < -0.4 is 0 Å². The van der Waals surface area contributed by atoms with E-state index in [1.165, 1.54) is 29.9 Å². The lowest BCUT2D eigenvalue weighted by Crippen LogP contribution is -2.37. The molecule has 1 saturated heterocycles. The smallest absolute Gasteiger partial charge is 0.136 e. The average molecular weight is 270 g/mol. The van der Waals surface area contributed by atoms with E-state index in [9.17, 15) is 4.79 Å². The first-order valence-corrected chi connectivity index (χ1v) is 8.60. The third-order valence-electron chi connectivity index (χ3n) is 4.05. The quantitative estimate of drug-likeness (QED) is 0.706. The summed E-state index contributed by atoms with van der Waals surface area (Å²) in [5.41, 5.74) is 1.20. The van der Waals surface area contributed by atoms with Gasteiger partial charge in [0.15, 0.2) is 0 Å². The lowest BCUT2D eigenvalue weighted by atomic mass is 9.73. The van der Waals surface area contributed by atoms with E-state index in [1.807, 2.05) is 0 Å². The van der Waals surface area contributed by atoms with E-state index in [4.69, 9.17) is 0 Å². The van der Waals surface area contributed by atoms with Gasteiger partial charge in [0, 0.05) is 12.3 Å². The highest BCUT2D eigenvalue weighted by atomic mass is 32.2. The van der Waals surface area contributed by atoms with Crippen molar-refractivity contribution in [1.29, 1.82) is 0 Å². The third kappa shape index (κ3) is 3.11. The van der Waals surface area contributed by atoms with E-state index in [0.29, 0.717) is 22.2 Å². The molecule has 2 unspecified atom stereocenters. The summed E-state index contributed by atoms with van der Waals surface area (Å²) >= 11 is 4.14. The van der Waals surface area contributed by atoms with Crippen molar-refractivity contribution in [3.8, 4) is 0 Å². The second kappa shape index (κ2) is 5.83. The van der Waals surface area contributed by atoms with Gasteiger partial charge in [-0.25, -0.2) is 0 Å². The number of hydrogen-bond donors (Lipinski definition) is 0. The molecule has 1 aliphatic carbocycles. The molecule has 1 nitrogen and oxygen atoms in total. The topological polar surface area (TPSA) is 17.1 Å². The zero-order valence-electron chi connectivity index (χ0n) is 10.8. The second-order valence-corrected chi connectivity index (χ2v) is 8.16. The van der Waals surface area contributed by atoms with Crippen molar-refractivity contribution in [1.82, 2.24) is 0 Å². The van der Waals surface area contributed by atoms with Crippen molar-refractivity contribution in [2.75, 3.05) is 11.5 Å². The average Bonchev–Trinajstić information content (AvgIpc) is 2.33. The molecule has 0 spiro atoms. The molecule has 0 aromatic carbocycles. The van der Waals surface area contributed by atoms with Crippen LogP contribution in [0.4, 0.5) is 0 Å². The van der Waals surface area contributed by atoms with E-state index in [0.717, 1.165) is 6.42 Å². The molecule has 1 saturated carbocycles. The van der Waals surface area contributed by atoms with Crippen LogP contribution in [-0.4, -0.2) is 21.9 Å². The van der Waals surface area contributed by atoms with Crippen LogP contribution in [0, 0.1) is 17.8 Å². The highest BCUT2D eigenvalue weighted by molar-refractivity contribution is 8.17. The van der Waals surface area contributed by atoms with Gasteiger partial charge in [-0.2, -0.15) is 0 Å². The lowest BCUT2D eigenvalue weighted by molar-refractivity contribution is -0.126. The van der Waals surface area contributed by atoms with E-state index in [-0.39, 0.29) is 5.92 Å². The van der Waals surface area contributed by atoms with Gasteiger partial charge in [-0.3, -0.25) is 4.79 Å². The molecule has 0 aromatic heterocycles. The summed E-state index contributed by atoms with van der Waals surface area (Å²) in [6.07, 6.45) is 3.23. The van der Waals surface area contributed by atoms with Crippen molar-refractivity contribution < 1.29 is 4.79 Å². The summed E-state index contributed by atoms with van der Waals surface area (Å²) in [7, 11) is 0. The maximum atomic E-state index is 12.1. The van der Waals surface area contributed by atoms with Gasteiger partial charge in [-0.05, 0) is 43.1 Å². The van der Waals surface area contributed by atoms with Crippen molar-refractivity contribution >= 4 is 29.3 Å². The van der Waals surface area contributed by atoms with Crippen LogP contribution in [0.2, 0.25) is 0 Å². The molecule has 2 rings (SSSR count). The molecule has 0 amide bonds. The minimum absolute atomic E-state index is 0.258. The number of rotatable bonds is 2. The molecule has 0 N–H and O–H groups in total. The monoisotopic (exact) mass is 270 g/mol. The summed E-state index contributed by atoms with van der Waals surface area (Å²) in [4.78, 5) is 12.1. The summed E-state index contributed by atoms with van der Waals surface area (Å²) in [6.45, 7) is 8.26. The first-order valence-electron chi connectivity index (χ1n) is 6.51. The number of carbonyl (C=O) groups excluding carboxylic acids is 1. The van der Waals surface area contributed by atoms with Gasteiger partial charge in [-0.1, -0.05) is 19.1 Å². The van der Waals surface area contributed by atoms with Crippen LogP contribution in [0.15, 0.2) is 12.2 Å². The van der Waals surface area contributed by atoms with E-state index in [1.54, 1.807) is 0 Å². The molecular weight excluding hydrogens is 248 g/mol. The van der Waals surface area contributed by atoms with Crippen molar-refractivity contribution in [2.24, 2.45) is 17.8 Å². The SMILES string of the molecule is C=C(C)[C@@H]1CC(=O)C(C)C(C2SCCCS2)C1. The normalized spacial score (nSPS) is 35.9. The van der Waals surface area contributed by atoms with Crippen molar-refractivity contribution in [2.45, 2.75) is 37.7 Å². The number of hydrogen-bond acceptors (Lipinski definition) is 3. The number of Topliss-reactive ketones (excluding diaryl/α,β-unsaturated/α-hetero) is 1. The van der Waals surface area contributed by atoms with Gasteiger partial charge < -0.3 is 0 Å². The Morgan fingerprint density at radius 3 is 2.59 bits per heavy atom. The number of ketones is 1. The van der Waals surface area contributed by atoms with E-state index >= 15 is 0 Å². The zero-order chi connectivity index (χ0) is 12.4. The van der Waals surface area contributed by atoms with Crippen molar-refractivity contribution in [3.63, 3.8) is 0 Å². The molecule has 1 aliphatic heterocycles. The van der Waals surface area contributed by atoms with Crippen molar-refractivity contribution in [3.05, 3.63) is 12.2 Å². The van der Waals surface area contributed by atoms with E-state index in [2.05, 4.69) is 44.0 Å². The van der Waals surface area contributed by atoms with Crippen LogP contribution in [0.1, 0.15) is 33.1 Å². The first-order chi connectivity index (χ1) is 8.09. The largest absolute Gasteiger partial charge is 0.299 e. The molecular formula is C14H22OS2. The molecule has 1 heterocycles. The minimum atomic E-state index is 0.258. The Morgan fingerprint density at radius 1 is 1.35 bits per heavy atom. The molecule has 96 valence electrons. The van der Waals surface area contributed by atoms with Gasteiger partial charge in [0.05, 0.1) is 4.58 Å². The predicted molar refractivity (Wildman–Crippen MR) is 78.5 cm³/mol. The van der Waals surface area contributed by atoms with E-state index < -0.39 is 0 Å². The minimum Gasteiger partial charge on any atom is -0.299 e. The summed E-state index contributed by atoms with van der Waals surface area (Å²) < 4.78 is 0.643. The Balaban J connectivity index is 2.07. The summed E-state index contributed by atoms with van der Waals surface area (Å²) in [6, 6.07) is 0. The Kier molecular flexibility index (Phi) is 4.65. The molecule has 0 radical (unpaired) electrons. The molecule has 2 aliphatic rings. The second-order valence-electron chi connectivity index (χ2n) is 5.37. The fourth-order valence-electron chi connectivity index (χ4n) is 2.76. The summed E-state index contributed by atoms with van der Waals surface area (Å²) in [5.74, 6) is 4.26. The van der Waals surface area contributed by atoms with Crippen LogP contribution in [0.25, 0.3) is 0 Å². The summed E-state index contributed by atoms with van der Waals surface area (Å²) in [5, 5.41) is 0. The molecule has 17 heavy (non-hydrogen) atoms. The molecule has 0 bridgehead atoms. The van der Waals surface area contributed by atoms with Crippen LogP contribution >= 0.6 is 23.5 Å². The molecule has 3 atom stereocenters. The van der Waals surface area contributed by atoms with Gasteiger partial charge in [0.2, 0.25) is 0 Å². The Morgan fingerprint density at radius 2 is 2.00 bits per heavy atom. The Labute approximate surface area is 113 Å². The fraction of sp³-hybridized carbons (Fsp3) is 0.786. The van der Waals surface area contributed by atoms with Crippen LogP contribution in [0.3, 0.4) is 0 Å². The maximum absolute atomic E-state index is 12.1.